The largest absolute Gasteiger partial charge is 0.398 e. The minimum absolute atomic E-state index is 0.162. The van der Waals surface area contributed by atoms with Gasteiger partial charge in [0.25, 0.3) is 0 Å². The van der Waals surface area contributed by atoms with Gasteiger partial charge < -0.3 is 5.73 Å². The first-order valence-corrected chi connectivity index (χ1v) is 5.16. The van der Waals surface area contributed by atoms with Crippen LogP contribution < -0.4 is 5.73 Å². The van der Waals surface area contributed by atoms with Gasteiger partial charge >= 0.3 is 0 Å². The third-order valence-corrected chi connectivity index (χ3v) is 2.40. The summed E-state index contributed by atoms with van der Waals surface area (Å²) in [7, 11) is 0. The van der Waals surface area contributed by atoms with Crippen molar-refractivity contribution in [1.29, 1.82) is 0 Å². The Bertz CT molecular complexity index is 350. The number of anilines is 1. The molecule has 0 aromatic heterocycles. The normalized spacial score (nSPS) is 12.5. The fraction of sp³-hybridized carbons (Fsp3) is 0.300. The molecule has 0 aliphatic carbocycles. The number of ketones is 1. The second kappa shape index (κ2) is 4.67. The van der Waals surface area contributed by atoms with E-state index in [2.05, 4.69) is 0 Å². The number of carbonyl (C=O) groups excluding carboxylic acids is 1. The lowest BCUT2D eigenvalue weighted by molar-refractivity contribution is 0.0992. The topological polar surface area (TPSA) is 43.1 Å². The molecule has 4 heteroatoms. The van der Waals surface area contributed by atoms with Crippen molar-refractivity contribution in [2.45, 2.75) is 18.2 Å². The van der Waals surface area contributed by atoms with Crippen molar-refractivity contribution in [3.05, 3.63) is 29.3 Å². The molecule has 0 amide bonds. The maximum Gasteiger partial charge on any atom is 0.182 e. The van der Waals surface area contributed by atoms with E-state index in [4.69, 9.17) is 28.9 Å². The molecule has 0 fully saturated rings. The molecule has 0 bridgehead atoms. The van der Waals surface area contributed by atoms with Crippen LogP contribution >= 0.6 is 23.2 Å². The standard InChI is InChI=1S/C10H11Cl2NO/c1-6(12)10(14)8-3-2-7(5-11)4-9(8)13/h2-4,6H,5,13H2,1H3. The van der Waals surface area contributed by atoms with Gasteiger partial charge in [-0.05, 0) is 24.6 Å². The molecule has 0 aliphatic rings. The van der Waals surface area contributed by atoms with Crippen LogP contribution in [0.5, 0.6) is 0 Å². The lowest BCUT2D eigenvalue weighted by Gasteiger charge is -2.07. The van der Waals surface area contributed by atoms with Crippen LogP contribution in [0.2, 0.25) is 0 Å². The van der Waals surface area contributed by atoms with Gasteiger partial charge in [-0.3, -0.25) is 4.79 Å². The predicted molar refractivity (Wildman–Crippen MR) is 60.1 cm³/mol. The van der Waals surface area contributed by atoms with Crippen molar-refractivity contribution in [3.8, 4) is 0 Å². The van der Waals surface area contributed by atoms with Crippen LogP contribution in [-0.2, 0) is 5.88 Å². The minimum Gasteiger partial charge on any atom is -0.398 e. The predicted octanol–water partition coefficient (Wildman–Crippen LogP) is 2.82. The van der Waals surface area contributed by atoms with E-state index < -0.39 is 5.38 Å². The first-order chi connectivity index (χ1) is 6.56. The second-order valence-corrected chi connectivity index (χ2v) is 3.96. The van der Waals surface area contributed by atoms with Gasteiger partial charge in [-0.2, -0.15) is 0 Å². The van der Waals surface area contributed by atoms with Gasteiger partial charge in [0.1, 0.15) is 0 Å². The molecule has 76 valence electrons. The van der Waals surface area contributed by atoms with E-state index in [0.717, 1.165) is 5.56 Å². The SMILES string of the molecule is CC(Cl)C(=O)c1ccc(CCl)cc1N. The first-order valence-electron chi connectivity index (χ1n) is 4.19. The number of Topliss-reactive ketones (excluding diaryl/α,β-unsaturated/α-hetero) is 1. The number of benzene rings is 1. The molecule has 1 aromatic carbocycles. The van der Waals surface area contributed by atoms with Crippen LogP contribution in [0.4, 0.5) is 5.69 Å². The highest BCUT2D eigenvalue weighted by molar-refractivity contribution is 6.34. The van der Waals surface area contributed by atoms with Crippen LogP contribution in [0, 0.1) is 0 Å². The van der Waals surface area contributed by atoms with Gasteiger partial charge in [-0.1, -0.05) is 6.07 Å². The second-order valence-electron chi connectivity index (χ2n) is 3.04. The molecule has 1 rings (SSSR count). The summed E-state index contributed by atoms with van der Waals surface area (Å²) >= 11 is 11.3. The summed E-state index contributed by atoms with van der Waals surface area (Å²) in [5.41, 5.74) is 7.48. The fourth-order valence-corrected chi connectivity index (χ4v) is 1.42. The van der Waals surface area contributed by atoms with E-state index in [1.165, 1.54) is 0 Å². The Morgan fingerprint density at radius 3 is 2.64 bits per heavy atom. The van der Waals surface area contributed by atoms with Crippen molar-refractivity contribution in [1.82, 2.24) is 0 Å². The Morgan fingerprint density at radius 1 is 1.57 bits per heavy atom. The van der Waals surface area contributed by atoms with E-state index in [1.54, 1.807) is 25.1 Å². The van der Waals surface area contributed by atoms with Crippen molar-refractivity contribution in [3.63, 3.8) is 0 Å². The van der Waals surface area contributed by atoms with Crippen molar-refractivity contribution >= 4 is 34.7 Å². The number of halogens is 2. The Kier molecular flexibility index (Phi) is 3.78. The van der Waals surface area contributed by atoms with Crippen molar-refractivity contribution < 1.29 is 4.79 Å². The Labute approximate surface area is 93.0 Å². The van der Waals surface area contributed by atoms with Crippen molar-refractivity contribution in [2.24, 2.45) is 0 Å². The third kappa shape index (κ3) is 2.40. The van der Waals surface area contributed by atoms with Gasteiger partial charge in [0.05, 0.1) is 5.38 Å². The van der Waals surface area contributed by atoms with Gasteiger partial charge in [0, 0.05) is 17.1 Å². The molecule has 0 aliphatic heterocycles. The molecule has 0 spiro atoms. The van der Waals surface area contributed by atoms with Crippen LogP contribution in [0.25, 0.3) is 0 Å². The zero-order valence-corrected chi connectivity index (χ0v) is 9.27. The number of nitrogens with two attached hydrogens (primary N) is 1. The fourth-order valence-electron chi connectivity index (χ4n) is 1.13. The maximum absolute atomic E-state index is 11.5. The van der Waals surface area contributed by atoms with E-state index in [9.17, 15) is 4.79 Å². The molecule has 2 nitrogen and oxygen atoms in total. The molecule has 2 N–H and O–H groups in total. The average Bonchev–Trinajstić information content (AvgIpc) is 2.16. The van der Waals surface area contributed by atoms with E-state index in [0.29, 0.717) is 17.1 Å². The highest BCUT2D eigenvalue weighted by Crippen LogP contribution is 2.18. The Hall–Kier alpha value is -0.730. The van der Waals surface area contributed by atoms with Gasteiger partial charge in [0.15, 0.2) is 5.78 Å². The summed E-state index contributed by atoms with van der Waals surface area (Å²) in [5.74, 6) is 0.222. The summed E-state index contributed by atoms with van der Waals surface area (Å²) in [6, 6.07) is 5.13. The summed E-state index contributed by atoms with van der Waals surface area (Å²) in [5, 5.41) is -0.556. The summed E-state index contributed by atoms with van der Waals surface area (Å²) in [6.07, 6.45) is 0. The molecular weight excluding hydrogens is 221 g/mol. The van der Waals surface area contributed by atoms with E-state index in [1.807, 2.05) is 0 Å². The number of rotatable bonds is 3. The van der Waals surface area contributed by atoms with E-state index >= 15 is 0 Å². The maximum atomic E-state index is 11.5. The molecule has 0 saturated carbocycles. The van der Waals surface area contributed by atoms with Crippen LogP contribution in [0.1, 0.15) is 22.8 Å². The summed E-state index contributed by atoms with van der Waals surface area (Å²) < 4.78 is 0. The van der Waals surface area contributed by atoms with E-state index in [-0.39, 0.29) is 5.78 Å². The highest BCUT2D eigenvalue weighted by Gasteiger charge is 2.14. The van der Waals surface area contributed by atoms with Gasteiger partial charge in [0.2, 0.25) is 0 Å². The zero-order valence-electron chi connectivity index (χ0n) is 7.76. The minimum atomic E-state index is -0.556. The molecule has 14 heavy (non-hydrogen) atoms. The number of hydrogen-bond donors (Lipinski definition) is 1. The first kappa shape index (κ1) is 11.3. The lowest BCUT2D eigenvalue weighted by atomic mass is 10.0. The zero-order chi connectivity index (χ0) is 10.7. The smallest absolute Gasteiger partial charge is 0.182 e. The number of carbonyl (C=O) groups is 1. The molecule has 0 radical (unpaired) electrons. The van der Waals surface area contributed by atoms with Crippen molar-refractivity contribution in [2.75, 3.05) is 5.73 Å². The van der Waals surface area contributed by atoms with Gasteiger partial charge in [-0.15, -0.1) is 23.2 Å². The average molecular weight is 232 g/mol. The molecule has 0 heterocycles. The van der Waals surface area contributed by atoms with Gasteiger partial charge in [-0.25, -0.2) is 0 Å². The number of alkyl halides is 2. The number of hydrogen-bond acceptors (Lipinski definition) is 2. The Balaban J connectivity index is 3.06. The lowest BCUT2D eigenvalue weighted by Crippen LogP contribution is -2.12. The van der Waals surface area contributed by atoms with Crippen LogP contribution in [-0.4, -0.2) is 11.2 Å². The summed E-state index contributed by atoms with van der Waals surface area (Å²) in [4.78, 5) is 11.5. The monoisotopic (exact) mass is 231 g/mol. The molecule has 1 unspecified atom stereocenters. The molecular formula is C10H11Cl2NO. The highest BCUT2D eigenvalue weighted by atomic mass is 35.5. The number of nitrogen functional groups attached to an aromatic ring is 1. The summed E-state index contributed by atoms with van der Waals surface area (Å²) in [6.45, 7) is 1.62. The third-order valence-electron chi connectivity index (χ3n) is 1.90. The molecule has 1 atom stereocenters. The molecule has 1 aromatic rings. The molecule has 0 saturated heterocycles. The Morgan fingerprint density at radius 2 is 2.21 bits per heavy atom. The van der Waals surface area contributed by atoms with Crippen LogP contribution in [0.15, 0.2) is 18.2 Å². The quantitative estimate of drug-likeness (QED) is 0.494. The van der Waals surface area contributed by atoms with Crippen LogP contribution in [0.3, 0.4) is 0 Å².